The lowest BCUT2D eigenvalue weighted by atomic mass is 9.93. The third-order valence-corrected chi connectivity index (χ3v) is 4.80. The van der Waals surface area contributed by atoms with Gasteiger partial charge in [0.25, 0.3) is 0 Å². The van der Waals surface area contributed by atoms with Crippen molar-refractivity contribution >= 4 is 29.0 Å². The van der Waals surface area contributed by atoms with Crippen molar-refractivity contribution in [1.82, 2.24) is 4.98 Å². The maximum Gasteiger partial charge on any atom is 0.235 e. The summed E-state index contributed by atoms with van der Waals surface area (Å²) in [5.74, 6) is -2.53. The molecule has 1 aromatic heterocycles. The van der Waals surface area contributed by atoms with Gasteiger partial charge >= 0.3 is 0 Å². The molecule has 3 rings (SSSR count). The number of amides is 2. The molecule has 2 N–H and O–H groups in total. The van der Waals surface area contributed by atoms with Gasteiger partial charge in [0.2, 0.25) is 11.8 Å². The molecule has 0 unspecified atom stereocenters. The second-order valence-electron chi connectivity index (χ2n) is 7.07. The van der Waals surface area contributed by atoms with Gasteiger partial charge in [-0.3, -0.25) is 19.4 Å². The lowest BCUT2D eigenvalue weighted by molar-refractivity contribution is -0.123. The molecule has 30 heavy (non-hydrogen) atoms. The molecule has 152 valence electrons. The maximum absolute atomic E-state index is 13.0. The average molecular weight is 401 g/mol. The molecule has 0 bridgehead atoms. The molecular formula is C24H23N3O3. The summed E-state index contributed by atoms with van der Waals surface area (Å²) in [6.45, 7) is 3.94. The number of rotatable bonds is 7. The van der Waals surface area contributed by atoms with Crippen molar-refractivity contribution in [2.75, 3.05) is 10.6 Å². The van der Waals surface area contributed by atoms with Gasteiger partial charge in [-0.1, -0.05) is 36.4 Å². The van der Waals surface area contributed by atoms with E-state index in [1.54, 1.807) is 54.7 Å². The van der Waals surface area contributed by atoms with Crippen LogP contribution in [0.1, 0.15) is 27.9 Å². The number of aryl methyl sites for hydroxylation is 2. The maximum atomic E-state index is 13.0. The van der Waals surface area contributed by atoms with E-state index in [1.165, 1.54) is 6.20 Å². The van der Waals surface area contributed by atoms with Crippen molar-refractivity contribution in [3.63, 3.8) is 0 Å². The van der Waals surface area contributed by atoms with Crippen LogP contribution in [-0.4, -0.2) is 22.6 Å². The molecule has 0 fully saturated rings. The molecule has 0 aliphatic carbocycles. The third-order valence-electron chi connectivity index (χ3n) is 4.80. The van der Waals surface area contributed by atoms with Gasteiger partial charge in [0, 0.05) is 23.9 Å². The number of ketones is 1. The van der Waals surface area contributed by atoms with Crippen molar-refractivity contribution in [3.05, 3.63) is 89.7 Å². The number of hydrogen-bond acceptors (Lipinski definition) is 4. The molecule has 0 saturated heterocycles. The zero-order valence-electron chi connectivity index (χ0n) is 16.9. The van der Waals surface area contributed by atoms with Crippen LogP contribution in [0.15, 0.2) is 73.1 Å². The van der Waals surface area contributed by atoms with Gasteiger partial charge < -0.3 is 10.6 Å². The molecule has 0 spiro atoms. The van der Waals surface area contributed by atoms with E-state index in [2.05, 4.69) is 15.6 Å². The minimum atomic E-state index is -1.17. The molecule has 0 aliphatic heterocycles. The summed E-state index contributed by atoms with van der Waals surface area (Å²) < 4.78 is 0. The number of pyridine rings is 1. The molecule has 2 amide bonds. The highest BCUT2D eigenvalue weighted by atomic mass is 16.2. The van der Waals surface area contributed by atoms with Crippen LogP contribution < -0.4 is 10.6 Å². The number of carbonyl (C=O) groups is 3. The van der Waals surface area contributed by atoms with E-state index in [0.29, 0.717) is 16.9 Å². The number of anilines is 2. The van der Waals surface area contributed by atoms with Gasteiger partial charge in [0.15, 0.2) is 5.78 Å². The second-order valence-corrected chi connectivity index (χ2v) is 7.07. The summed E-state index contributed by atoms with van der Waals surface area (Å²) in [7, 11) is 0. The topological polar surface area (TPSA) is 88.2 Å². The van der Waals surface area contributed by atoms with Crippen molar-refractivity contribution in [3.8, 4) is 0 Å². The molecule has 6 nitrogen and oxygen atoms in total. The second kappa shape index (κ2) is 9.60. The monoisotopic (exact) mass is 401 g/mol. The number of benzene rings is 2. The summed E-state index contributed by atoms with van der Waals surface area (Å²) >= 11 is 0. The minimum absolute atomic E-state index is 0.271. The SMILES string of the molecule is Cc1ccc(NC(=O)C[C@@H](C(=O)Nc2cccnc2)C(=O)c2ccccc2)cc1C. The number of nitrogens with zero attached hydrogens (tertiary/aromatic N) is 1. The first-order valence-corrected chi connectivity index (χ1v) is 9.61. The fourth-order valence-electron chi connectivity index (χ4n) is 2.99. The highest BCUT2D eigenvalue weighted by Crippen LogP contribution is 2.19. The number of aromatic nitrogens is 1. The number of hydrogen-bond donors (Lipinski definition) is 2. The van der Waals surface area contributed by atoms with E-state index >= 15 is 0 Å². The van der Waals surface area contributed by atoms with E-state index in [-0.39, 0.29) is 6.42 Å². The lowest BCUT2D eigenvalue weighted by Gasteiger charge is -2.16. The highest BCUT2D eigenvalue weighted by Gasteiger charge is 2.30. The van der Waals surface area contributed by atoms with Gasteiger partial charge in [0.05, 0.1) is 11.9 Å². The summed E-state index contributed by atoms with van der Waals surface area (Å²) in [5, 5.41) is 5.46. The van der Waals surface area contributed by atoms with Gasteiger partial charge in [-0.2, -0.15) is 0 Å². The fraction of sp³-hybridized carbons (Fsp3) is 0.167. The largest absolute Gasteiger partial charge is 0.326 e. The predicted octanol–water partition coefficient (Wildman–Crippen LogP) is 4.16. The number of nitrogens with one attached hydrogen (secondary N) is 2. The third kappa shape index (κ3) is 5.38. The Kier molecular flexibility index (Phi) is 6.70. The van der Waals surface area contributed by atoms with Gasteiger partial charge in [-0.25, -0.2) is 0 Å². The van der Waals surface area contributed by atoms with Crippen LogP contribution in [0.25, 0.3) is 0 Å². The van der Waals surface area contributed by atoms with E-state index in [0.717, 1.165) is 11.1 Å². The van der Waals surface area contributed by atoms with Crippen molar-refractivity contribution in [2.24, 2.45) is 5.92 Å². The average Bonchev–Trinajstić information content (AvgIpc) is 2.75. The summed E-state index contributed by atoms with van der Waals surface area (Å²) in [6.07, 6.45) is 2.79. The van der Waals surface area contributed by atoms with E-state index in [9.17, 15) is 14.4 Å². The standard InChI is InChI=1S/C24H23N3O3/c1-16-10-11-19(13-17(16)2)26-22(28)14-21(23(29)18-7-4-3-5-8-18)24(30)27-20-9-6-12-25-15-20/h3-13,15,21H,14H2,1-2H3,(H,26,28)(H,27,30)/t21-/m1/s1. The quantitative estimate of drug-likeness (QED) is 0.459. The molecule has 2 aromatic carbocycles. The Labute approximate surface area is 175 Å². The number of Topliss-reactive ketones (excluding diaryl/α,β-unsaturated/α-hetero) is 1. The summed E-state index contributed by atoms with van der Waals surface area (Å²) in [5.41, 5.74) is 3.62. The Morgan fingerprint density at radius 2 is 1.63 bits per heavy atom. The zero-order valence-corrected chi connectivity index (χ0v) is 16.9. The first-order chi connectivity index (χ1) is 14.4. The zero-order chi connectivity index (χ0) is 21.5. The first kappa shape index (κ1) is 20.9. The Hall–Kier alpha value is -3.80. The predicted molar refractivity (Wildman–Crippen MR) is 116 cm³/mol. The summed E-state index contributed by atoms with van der Waals surface area (Å²) in [6, 6.07) is 17.4. The van der Waals surface area contributed by atoms with Gasteiger partial charge in [0.1, 0.15) is 5.92 Å². The molecule has 1 atom stereocenters. The fourth-order valence-corrected chi connectivity index (χ4v) is 2.99. The minimum Gasteiger partial charge on any atom is -0.326 e. The van der Waals surface area contributed by atoms with Crippen LogP contribution >= 0.6 is 0 Å². The first-order valence-electron chi connectivity index (χ1n) is 9.61. The van der Waals surface area contributed by atoms with E-state index in [1.807, 2.05) is 26.0 Å². The smallest absolute Gasteiger partial charge is 0.235 e. The molecule has 0 saturated carbocycles. The van der Waals surface area contributed by atoms with Crippen LogP contribution in [0, 0.1) is 19.8 Å². The Balaban J connectivity index is 1.79. The Morgan fingerprint density at radius 1 is 0.867 bits per heavy atom. The van der Waals surface area contributed by atoms with Crippen LogP contribution in [0.2, 0.25) is 0 Å². The molecule has 6 heteroatoms. The van der Waals surface area contributed by atoms with Gasteiger partial charge in [-0.05, 0) is 49.2 Å². The molecular weight excluding hydrogens is 378 g/mol. The van der Waals surface area contributed by atoms with Crippen LogP contribution in [0.5, 0.6) is 0 Å². The molecule has 1 heterocycles. The number of carbonyl (C=O) groups excluding carboxylic acids is 3. The van der Waals surface area contributed by atoms with Crippen LogP contribution in [0.4, 0.5) is 11.4 Å². The van der Waals surface area contributed by atoms with Gasteiger partial charge in [-0.15, -0.1) is 0 Å². The van der Waals surface area contributed by atoms with Crippen molar-refractivity contribution in [2.45, 2.75) is 20.3 Å². The lowest BCUT2D eigenvalue weighted by Crippen LogP contribution is -2.33. The summed E-state index contributed by atoms with van der Waals surface area (Å²) in [4.78, 5) is 42.5. The highest BCUT2D eigenvalue weighted by molar-refractivity contribution is 6.15. The Morgan fingerprint density at radius 3 is 2.30 bits per heavy atom. The Bertz CT molecular complexity index is 1050. The molecule has 0 aliphatic rings. The van der Waals surface area contributed by atoms with E-state index in [4.69, 9.17) is 0 Å². The van der Waals surface area contributed by atoms with Crippen molar-refractivity contribution in [1.29, 1.82) is 0 Å². The van der Waals surface area contributed by atoms with Crippen molar-refractivity contribution < 1.29 is 14.4 Å². The van der Waals surface area contributed by atoms with E-state index < -0.39 is 23.5 Å². The molecule has 0 radical (unpaired) electrons. The normalized spacial score (nSPS) is 11.4. The van der Waals surface area contributed by atoms with Crippen LogP contribution in [-0.2, 0) is 9.59 Å². The molecule has 3 aromatic rings. The van der Waals surface area contributed by atoms with Crippen LogP contribution in [0.3, 0.4) is 0 Å².